The van der Waals surface area contributed by atoms with Gasteiger partial charge in [0, 0.05) is 28.2 Å². The summed E-state index contributed by atoms with van der Waals surface area (Å²) < 4.78 is 2.25. The third kappa shape index (κ3) is 2.82. The molecule has 18 heavy (non-hydrogen) atoms. The largest absolute Gasteiger partial charge is 0.329 e. The van der Waals surface area contributed by atoms with Gasteiger partial charge < -0.3 is 9.88 Å². The lowest BCUT2D eigenvalue weighted by molar-refractivity contribution is 0.620. The minimum Gasteiger partial charge on any atom is -0.329 e. The average molecular weight is 261 g/mol. The number of nitrogens with zero attached hydrogens (tertiary/aromatic N) is 2. The van der Waals surface area contributed by atoms with Crippen LogP contribution in [0.5, 0.6) is 0 Å². The van der Waals surface area contributed by atoms with Crippen molar-refractivity contribution in [1.29, 1.82) is 0 Å². The summed E-state index contributed by atoms with van der Waals surface area (Å²) in [6.07, 6.45) is 7.76. The lowest BCUT2D eigenvalue weighted by atomic mass is 10.3. The fraction of sp³-hybridized carbons (Fsp3) is 0.500. The Balaban J connectivity index is 1.65. The fourth-order valence-electron chi connectivity index (χ4n) is 2.04. The third-order valence-electron chi connectivity index (χ3n) is 3.32. The Morgan fingerprint density at radius 1 is 1.39 bits per heavy atom. The van der Waals surface area contributed by atoms with Gasteiger partial charge >= 0.3 is 0 Å². The maximum Gasteiger partial charge on any atom is 0.122 e. The fourth-order valence-corrected chi connectivity index (χ4v) is 3.00. The summed E-state index contributed by atoms with van der Waals surface area (Å²) in [5.41, 5.74) is 0. The molecule has 0 amide bonds. The highest BCUT2D eigenvalue weighted by molar-refractivity contribution is 7.11. The van der Waals surface area contributed by atoms with E-state index in [9.17, 15) is 0 Å². The number of hydrogen-bond donors (Lipinski definition) is 1. The topological polar surface area (TPSA) is 29.9 Å². The molecule has 3 nitrogen and oxygen atoms in total. The summed E-state index contributed by atoms with van der Waals surface area (Å²) >= 11 is 1.91. The minimum atomic E-state index is 0.739. The summed E-state index contributed by atoms with van der Waals surface area (Å²) in [7, 11) is 0. The van der Waals surface area contributed by atoms with Crippen molar-refractivity contribution in [1.82, 2.24) is 14.9 Å². The lowest BCUT2D eigenvalue weighted by Crippen LogP contribution is -2.18. The van der Waals surface area contributed by atoms with E-state index in [2.05, 4.69) is 40.1 Å². The molecule has 0 spiro atoms. The highest BCUT2D eigenvalue weighted by Crippen LogP contribution is 2.20. The Labute approximate surface area is 112 Å². The predicted octanol–water partition coefficient (Wildman–Crippen LogP) is 2.81. The third-order valence-corrected chi connectivity index (χ3v) is 4.53. The molecule has 4 heteroatoms. The molecule has 0 saturated heterocycles. The second-order valence-corrected chi connectivity index (χ2v) is 6.10. The number of hydrogen-bond acceptors (Lipinski definition) is 3. The van der Waals surface area contributed by atoms with Crippen molar-refractivity contribution in [2.24, 2.45) is 0 Å². The van der Waals surface area contributed by atoms with Gasteiger partial charge in [0.15, 0.2) is 0 Å². The van der Waals surface area contributed by atoms with E-state index in [0.717, 1.165) is 31.4 Å². The minimum absolute atomic E-state index is 0.739. The number of aromatic nitrogens is 2. The van der Waals surface area contributed by atoms with Gasteiger partial charge in [-0.05, 0) is 31.4 Å². The monoisotopic (exact) mass is 261 g/mol. The van der Waals surface area contributed by atoms with E-state index in [0.29, 0.717) is 0 Å². The van der Waals surface area contributed by atoms with E-state index >= 15 is 0 Å². The van der Waals surface area contributed by atoms with E-state index in [4.69, 9.17) is 0 Å². The van der Waals surface area contributed by atoms with Crippen molar-refractivity contribution in [3.63, 3.8) is 0 Å². The molecule has 0 bridgehead atoms. The van der Waals surface area contributed by atoms with Crippen LogP contribution in [0.3, 0.4) is 0 Å². The van der Waals surface area contributed by atoms with Crippen LogP contribution >= 0.6 is 11.3 Å². The number of thiophene rings is 1. The Hall–Kier alpha value is -1.13. The van der Waals surface area contributed by atoms with Gasteiger partial charge in [-0.15, -0.1) is 11.3 Å². The summed E-state index contributed by atoms with van der Waals surface area (Å²) in [6.45, 7) is 4.05. The van der Waals surface area contributed by atoms with Crippen LogP contribution < -0.4 is 5.32 Å². The second kappa shape index (κ2) is 5.24. The number of aryl methyl sites for hydroxylation is 1. The van der Waals surface area contributed by atoms with E-state index < -0.39 is 0 Å². The van der Waals surface area contributed by atoms with Gasteiger partial charge in [-0.2, -0.15) is 0 Å². The van der Waals surface area contributed by atoms with Crippen molar-refractivity contribution in [3.05, 3.63) is 40.1 Å². The molecule has 0 atom stereocenters. The SMILES string of the molecule is CCc1ccc(Cn2ccnc2CNC2CC2)s1. The highest BCUT2D eigenvalue weighted by atomic mass is 32.1. The highest BCUT2D eigenvalue weighted by Gasteiger charge is 2.20. The van der Waals surface area contributed by atoms with Gasteiger partial charge in [0.1, 0.15) is 5.82 Å². The molecule has 2 aromatic rings. The first kappa shape index (κ1) is 11.9. The van der Waals surface area contributed by atoms with Gasteiger partial charge in [-0.25, -0.2) is 4.98 Å². The maximum atomic E-state index is 4.44. The summed E-state index contributed by atoms with van der Waals surface area (Å²) in [5.74, 6) is 1.15. The Morgan fingerprint density at radius 3 is 2.94 bits per heavy atom. The van der Waals surface area contributed by atoms with Crippen LogP contribution in [0.25, 0.3) is 0 Å². The molecule has 1 aliphatic carbocycles. The van der Waals surface area contributed by atoms with Gasteiger partial charge in [0.2, 0.25) is 0 Å². The molecule has 0 radical (unpaired) electrons. The van der Waals surface area contributed by atoms with Crippen LogP contribution in [-0.2, 0) is 19.5 Å². The molecule has 0 aromatic carbocycles. The Bertz CT molecular complexity index is 511. The van der Waals surface area contributed by atoms with Gasteiger partial charge in [-0.1, -0.05) is 6.92 Å². The van der Waals surface area contributed by atoms with Crippen LogP contribution in [-0.4, -0.2) is 15.6 Å². The number of rotatable bonds is 6. The van der Waals surface area contributed by atoms with E-state index in [1.807, 2.05) is 17.5 Å². The smallest absolute Gasteiger partial charge is 0.122 e. The molecular formula is C14H19N3S. The zero-order chi connectivity index (χ0) is 12.4. The number of imidazole rings is 1. The Morgan fingerprint density at radius 2 is 2.22 bits per heavy atom. The molecule has 2 heterocycles. The van der Waals surface area contributed by atoms with Gasteiger partial charge in [0.25, 0.3) is 0 Å². The standard InChI is InChI=1S/C14H19N3S/c1-2-12-5-6-13(18-12)10-17-8-7-15-14(17)9-16-11-3-4-11/h5-8,11,16H,2-4,9-10H2,1H3. The Kier molecular flexibility index (Phi) is 3.48. The molecule has 1 N–H and O–H groups in total. The quantitative estimate of drug-likeness (QED) is 0.866. The summed E-state index contributed by atoms with van der Waals surface area (Å²) in [6, 6.07) is 5.21. The first-order valence-electron chi connectivity index (χ1n) is 6.66. The lowest BCUT2D eigenvalue weighted by Gasteiger charge is -2.07. The van der Waals surface area contributed by atoms with Crippen molar-refractivity contribution >= 4 is 11.3 Å². The first-order valence-corrected chi connectivity index (χ1v) is 7.48. The van der Waals surface area contributed by atoms with Crippen molar-refractivity contribution < 1.29 is 0 Å². The predicted molar refractivity (Wildman–Crippen MR) is 74.9 cm³/mol. The number of nitrogens with one attached hydrogen (secondary N) is 1. The van der Waals surface area contributed by atoms with Crippen molar-refractivity contribution in [2.75, 3.05) is 0 Å². The zero-order valence-electron chi connectivity index (χ0n) is 10.7. The summed E-state index contributed by atoms with van der Waals surface area (Å²) in [5, 5.41) is 3.52. The van der Waals surface area contributed by atoms with Gasteiger partial charge in [0.05, 0.1) is 13.1 Å². The van der Waals surface area contributed by atoms with E-state index in [1.54, 1.807) is 0 Å². The van der Waals surface area contributed by atoms with Crippen LogP contribution in [0.15, 0.2) is 24.5 Å². The molecule has 2 aromatic heterocycles. The van der Waals surface area contributed by atoms with Crippen molar-refractivity contribution in [2.45, 2.75) is 45.3 Å². The second-order valence-electron chi connectivity index (χ2n) is 4.85. The van der Waals surface area contributed by atoms with Crippen molar-refractivity contribution in [3.8, 4) is 0 Å². The molecule has 96 valence electrons. The van der Waals surface area contributed by atoms with E-state index in [1.165, 1.54) is 22.6 Å². The van der Waals surface area contributed by atoms with Crippen LogP contribution in [0.1, 0.15) is 35.3 Å². The van der Waals surface area contributed by atoms with Crippen LogP contribution in [0, 0.1) is 0 Å². The van der Waals surface area contributed by atoms with Crippen LogP contribution in [0.4, 0.5) is 0 Å². The molecular weight excluding hydrogens is 242 g/mol. The normalized spacial score (nSPS) is 15.2. The molecule has 3 rings (SSSR count). The average Bonchev–Trinajstić information content (AvgIpc) is 2.93. The molecule has 1 saturated carbocycles. The molecule has 1 aliphatic rings. The van der Waals surface area contributed by atoms with Crippen LogP contribution in [0.2, 0.25) is 0 Å². The maximum absolute atomic E-state index is 4.44. The molecule has 0 aliphatic heterocycles. The molecule has 1 fully saturated rings. The zero-order valence-corrected chi connectivity index (χ0v) is 11.5. The van der Waals surface area contributed by atoms with E-state index in [-0.39, 0.29) is 0 Å². The summed E-state index contributed by atoms with van der Waals surface area (Å²) in [4.78, 5) is 7.32. The first-order chi connectivity index (χ1) is 8.85. The van der Waals surface area contributed by atoms with Gasteiger partial charge in [-0.3, -0.25) is 0 Å². The molecule has 0 unspecified atom stereocenters.